The van der Waals surface area contributed by atoms with Crippen molar-refractivity contribution >= 4 is 5.78 Å². The maximum absolute atomic E-state index is 11.4. The van der Waals surface area contributed by atoms with Crippen LogP contribution in [0, 0.1) is 13.8 Å². The summed E-state index contributed by atoms with van der Waals surface area (Å²) in [4.78, 5) is 11.4. The van der Waals surface area contributed by atoms with Crippen LogP contribution in [0.4, 0.5) is 0 Å². The maximum atomic E-state index is 11.4. The van der Waals surface area contributed by atoms with E-state index >= 15 is 0 Å². The third kappa shape index (κ3) is 2.73. The van der Waals surface area contributed by atoms with Gasteiger partial charge in [0.1, 0.15) is 6.54 Å². The van der Waals surface area contributed by atoms with E-state index in [1.54, 1.807) is 11.6 Å². The molecular formula is C10H15N3O. The Hall–Kier alpha value is -1.58. The summed E-state index contributed by atoms with van der Waals surface area (Å²) in [7, 11) is 0. The van der Waals surface area contributed by atoms with Gasteiger partial charge in [-0.15, -0.1) is 0 Å². The van der Waals surface area contributed by atoms with Crippen LogP contribution in [-0.4, -0.2) is 15.6 Å². The molecule has 0 aromatic carbocycles. The van der Waals surface area contributed by atoms with E-state index < -0.39 is 0 Å². The van der Waals surface area contributed by atoms with E-state index in [4.69, 9.17) is 5.73 Å². The van der Waals surface area contributed by atoms with Crippen molar-refractivity contribution in [1.29, 1.82) is 0 Å². The predicted octanol–water partition coefficient (Wildman–Crippen LogP) is 0.932. The fourth-order valence-electron chi connectivity index (χ4n) is 1.28. The van der Waals surface area contributed by atoms with E-state index in [1.165, 1.54) is 6.08 Å². The number of hydrogen-bond acceptors (Lipinski definition) is 3. The lowest BCUT2D eigenvalue weighted by Crippen LogP contribution is -2.12. The highest BCUT2D eigenvalue weighted by molar-refractivity contribution is 5.89. The molecule has 0 radical (unpaired) electrons. The summed E-state index contributed by atoms with van der Waals surface area (Å²) in [5, 5.41) is 4.18. The molecule has 0 spiro atoms. The Morgan fingerprint density at radius 3 is 2.71 bits per heavy atom. The van der Waals surface area contributed by atoms with Gasteiger partial charge in [0.2, 0.25) is 0 Å². The second kappa shape index (κ2) is 4.09. The largest absolute Gasteiger partial charge is 0.402 e. The molecule has 0 saturated carbocycles. The van der Waals surface area contributed by atoms with Crippen LogP contribution in [0.1, 0.15) is 18.3 Å². The van der Waals surface area contributed by atoms with Crippen LogP contribution in [0.15, 0.2) is 17.8 Å². The van der Waals surface area contributed by atoms with Gasteiger partial charge in [-0.1, -0.05) is 0 Å². The van der Waals surface area contributed by atoms with Crippen molar-refractivity contribution in [1.82, 2.24) is 9.78 Å². The van der Waals surface area contributed by atoms with Gasteiger partial charge in [0.05, 0.1) is 5.69 Å². The molecule has 1 rings (SSSR count). The Labute approximate surface area is 83.4 Å². The Morgan fingerprint density at radius 2 is 2.29 bits per heavy atom. The molecule has 4 heteroatoms. The van der Waals surface area contributed by atoms with Gasteiger partial charge in [-0.25, -0.2) is 0 Å². The molecule has 0 aliphatic rings. The average Bonchev–Trinajstić information content (AvgIpc) is 2.28. The van der Waals surface area contributed by atoms with Crippen molar-refractivity contribution < 1.29 is 4.79 Å². The highest BCUT2D eigenvalue weighted by Gasteiger charge is 2.04. The van der Waals surface area contributed by atoms with E-state index in [2.05, 4.69) is 5.10 Å². The molecule has 0 saturated heterocycles. The van der Waals surface area contributed by atoms with Crippen LogP contribution in [0.3, 0.4) is 0 Å². The minimum atomic E-state index is -0.0313. The van der Waals surface area contributed by atoms with Crippen LogP contribution in [0.25, 0.3) is 0 Å². The Morgan fingerprint density at radius 1 is 1.64 bits per heavy atom. The lowest BCUT2D eigenvalue weighted by Gasteiger charge is -2.00. The molecule has 1 aromatic rings. The Balaban J connectivity index is 2.74. The number of nitrogens with two attached hydrogens (primary N) is 1. The van der Waals surface area contributed by atoms with Crippen molar-refractivity contribution in [3.05, 3.63) is 29.2 Å². The summed E-state index contributed by atoms with van der Waals surface area (Å²) in [6.45, 7) is 5.78. The van der Waals surface area contributed by atoms with Gasteiger partial charge in [-0.05, 0) is 26.8 Å². The van der Waals surface area contributed by atoms with Crippen LogP contribution in [0.5, 0.6) is 0 Å². The first-order valence-corrected chi connectivity index (χ1v) is 4.46. The zero-order valence-electron chi connectivity index (χ0n) is 8.74. The number of carbonyl (C=O) groups excluding carboxylic acids is 1. The van der Waals surface area contributed by atoms with Gasteiger partial charge < -0.3 is 5.73 Å². The van der Waals surface area contributed by atoms with Crippen LogP contribution < -0.4 is 5.73 Å². The van der Waals surface area contributed by atoms with Crippen molar-refractivity contribution in [3.8, 4) is 0 Å². The van der Waals surface area contributed by atoms with E-state index in [1.807, 2.05) is 19.9 Å². The van der Waals surface area contributed by atoms with E-state index in [0.29, 0.717) is 5.70 Å². The summed E-state index contributed by atoms with van der Waals surface area (Å²) in [5.74, 6) is -0.0313. The summed E-state index contributed by atoms with van der Waals surface area (Å²) < 4.78 is 1.68. The summed E-state index contributed by atoms with van der Waals surface area (Å²) in [6, 6.07) is 1.94. The molecule has 0 atom stereocenters. The monoisotopic (exact) mass is 193 g/mol. The molecule has 14 heavy (non-hydrogen) atoms. The minimum absolute atomic E-state index is 0.0313. The second-order valence-corrected chi connectivity index (χ2v) is 3.44. The number of carbonyl (C=O) groups is 1. The minimum Gasteiger partial charge on any atom is -0.402 e. The first-order valence-electron chi connectivity index (χ1n) is 4.46. The van der Waals surface area contributed by atoms with Gasteiger partial charge in [0, 0.05) is 17.5 Å². The van der Waals surface area contributed by atoms with Crippen molar-refractivity contribution in [2.24, 2.45) is 5.73 Å². The summed E-state index contributed by atoms with van der Waals surface area (Å²) in [5.41, 5.74) is 7.83. The summed E-state index contributed by atoms with van der Waals surface area (Å²) in [6.07, 6.45) is 1.43. The Bertz CT molecular complexity index is 373. The average molecular weight is 193 g/mol. The number of nitrogens with zero attached hydrogens (tertiary/aromatic N) is 2. The molecule has 1 aromatic heterocycles. The number of hydrogen-bond donors (Lipinski definition) is 1. The molecule has 2 N–H and O–H groups in total. The number of allylic oxidation sites excluding steroid dienone is 2. The molecule has 0 aliphatic heterocycles. The Kier molecular flexibility index (Phi) is 3.06. The molecular weight excluding hydrogens is 178 g/mol. The molecule has 0 unspecified atom stereocenters. The maximum Gasteiger partial charge on any atom is 0.178 e. The molecule has 4 nitrogen and oxygen atoms in total. The van der Waals surface area contributed by atoms with Crippen molar-refractivity contribution in [2.75, 3.05) is 0 Å². The van der Waals surface area contributed by atoms with Gasteiger partial charge in [-0.3, -0.25) is 9.48 Å². The molecule has 0 amide bonds. The SMILES string of the molecule is CC(N)=CC(=O)Cn1nc(C)cc1C. The van der Waals surface area contributed by atoms with Gasteiger partial charge in [0.15, 0.2) is 5.78 Å². The number of rotatable bonds is 3. The lowest BCUT2D eigenvalue weighted by molar-refractivity contribution is -0.115. The lowest BCUT2D eigenvalue weighted by atomic mass is 10.3. The third-order valence-electron chi connectivity index (χ3n) is 1.80. The topological polar surface area (TPSA) is 60.9 Å². The standard InChI is InChI=1S/C10H15N3O/c1-7(11)4-10(14)6-13-9(3)5-8(2)12-13/h4-5H,6,11H2,1-3H3. The first-order chi connectivity index (χ1) is 6.49. The predicted molar refractivity (Wildman–Crippen MR) is 54.7 cm³/mol. The fraction of sp³-hybridized carbons (Fsp3) is 0.400. The number of aromatic nitrogens is 2. The quantitative estimate of drug-likeness (QED) is 0.726. The van der Waals surface area contributed by atoms with Crippen LogP contribution in [0.2, 0.25) is 0 Å². The molecule has 76 valence electrons. The van der Waals surface area contributed by atoms with Crippen molar-refractivity contribution in [2.45, 2.75) is 27.3 Å². The zero-order chi connectivity index (χ0) is 10.7. The normalized spacial score (nSPS) is 11.8. The van der Waals surface area contributed by atoms with E-state index in [0.717, 1.165) is 11.4 Å². The smallest absolute Gasteiger partial charge is 0.178 e. The number of aryl methyl sites for hydroxylation is 2. The highest BCUT2D eigenvalue weighted by atomic mass is 16.1. The second-order valence-electron chi connectivity index (χ2n) is 3.44. The fourth-order valence-corrected chi connectivity index (χ4v) is 1.28. The van der Waals surface area contributed by atoms with Gasteiger partial charge in [-0.2, -0.15) is 5.10 Å². The van der Waals surface area contributed by atoms with Crippen LogP contribution >= 0.6 is 0 Å². The van der Waals surface area contributed by atoms with Crippen LogP contribution in [-0.2, 0) is 11.3 Å². The first kappa shape index (κ1) is 10.5. The zero-order valence-corrected chi connectivity index (χ0v) is 8.74. The van der Waals surface area contributed by atoms with E-state index in [9.17, 15) is 4.79 Å². The summed E-state index contributed by atoms with van der Waals surface area (Å²) >= 11 is 0. The highest BCUT2D eigenvalue weighted by Crippen LogP contribution is 2.01. The van der Waals surface area contributed by atoms with E-state index in [-0.39, 0.29) is 12.3 Å². The molecule has 0 bridgehead atoms. The molecule has 1 heterocycles. The van der Waals surface area contributed by atoms with Gasteiger partial charge in [0.25, 0.3) is 0 Å². The molecule has 0 aliphatic carbocycles. The molecule has 0 fully saturated rings. The van der Waals surface area contributed by atoms with Crippen molar-refractivity contribution in [3.63, 3.8) is 0 Å². The third-order valence-corrected chi connectivity index (χ3v) is 1.80. The number of ketones is 1. The van der Waals surface area contributed by atoms with Gasteiger partial charge >= 0.3 is 0 Å².